The molecule has 8 heteroatoms. The maximum atomic E-state index is 12.0. The Balaban J connectivity index is 2.11. The minimum Gasteiger partial charge on any atom is -0.484 e. The Hall–Kier alpha value is 0.220. The lowest BCUT2D eigenvalue weighted by atomic mass is 10.2. The van der Waals surface area contributed by atoms with Crippen LogP contribution in [0.3, 0.4) is 0 Å². The van der Waals surface area contributed by atoms with Crippen LogP contribution in [0.15, 0.2) is 25.8 Å². The van der Waals surface area contributed by atoms with Gasteiger partial charge in [-0.1, -0.05) is 34.8 Å². The largest absolute Gasteiger partial charge is 0.484 e. The summed E-state index contributed by atoms with van der Waals surface area (Å²) in [5.41, 5.74) is 0.554. The third-order valence-corrected chi connectivity index (χ3v) is 5.65. The Bertz CT molecular complexity index is 673. The zero-order chi connectivity index (χ0) is 14.9. The molecule has 0 aliphatic carbocycles. The van der Waals surface area contributed by atoms with Crippen molar-refractivity contribution in [3.05, 3.63) is 46.4 Å². The number of rotatable bonds is 4. The second-order valence-corrected chi connectivity index (χ2v) is 8.62. The van der Waals surface area contributed by atoms with Crippen LogP contribution in [0.5, 0.6) is 5.75 Å². The van der Waals surface area contributed by atoms with Crippen LogP contribution in [0, 0.1) is 0 Å². The lowest BCUT2D eigenvalue weighted by Crippen LogP contribution is -2.11. The van der Waals surface area contributed by atoms with Gasteiger partial charge in [0.1, 0.15) is 5.75 Å². The van der Waals surface area contributed by atoms with Gasteiger partial charge in [0.05, 0.1) is 22.6 Å². The molecule has 0 N–H and O–H groups in total. The second-order valence-electron chi connectivity index (χ2n) is 3.65. The third kappa shape index (κ3) is 3.90. The number of halogens is 5. The highest BCUT2D eigenvalue weighted by Gasteiger charge is 2.15. The maximum absolute atomic E-state index is 12.0. The second kappa shape index (κ2) is 6.99. The van der Waals surface area contributed by atoms with Crippen molar-refractivity contribution < 1.29 is 9.53 Å². The fourth-order valence-corrected chi connectivity index (χ4v) is 4.81. The quantitative estimate of drug-likeness (QED) is 0.370. The van der Waals surface area contributed by atoms with Crippen LogP contribution in [-0.2, 0) is 0 Å². The standard InChI is InChI=1S/C12H5Br2Cl3O2S/c13-11-1-5(12(14)20-11)9(18)4-19-10-3-7(16)6(15)2-8(10)17/h1-3H,4H2. The van der Waals surface area contributed by atoms with Crippen molar-refractivity contribution in [2.45, 2.75) is 0 Å². The van der Waals surface area contributed by atoms with Crippen molar-refractivity contribution in [2.24, 2.45) is 0 Å². The molecule has 0 atom stereocenters. The molecule has 0 unspecified atom stereocenters. The molecule has 2 nitrogen and oxygen atoms in total. The summed E-state index contributed by atoms with van der Waals surface area (Å²) in [4.78, 5) is 12.0. The van der Waals surface area contributed by atoms with E-state index < -0.39 is 0 Å². The van der Waals surface area contributed by atoms with Crippen molar-refractivity contribution >= 4 is 83.8 Å². The first-order chi connectivity index (χ1) is 9.38. The van der Waals surface area contributed by atoms with Gasteiger partial charge in [-0.15, -0.1) is 11.3 Å². The maximum Gasteiger partial charge on any atom is 0.202 e. The molecule has 0 saturated heterocycles. The van der Waals surface area contributed by atoms with Crippen LogP contribution in [0.25, 0.3) is 0 Å². The first-order valence-corrected chi connectivity index (χ1v) is 8.67. The van der Waals surface area contributed by atoms with Gasteiger partial charge in [0.2, 0.25) is 5.78 Å². The molecule has 1 heterocycles. The summed E-state index contributed by atoms with van der Waals surface area (Å²) in [7, 11) is 0. The molecule has 0 fully saturated rings. The average molecular weight is 479 g/mol. The third-order valence-electron chi connectivity index (χ3n) is 2.29. The predicted octanol–water partition coefficient (Wildman–Crippen LogP) is 6.50. The number of hydrogen-bond donors (Lipinski definition) is 0. The number of carbonyl (C=O) groups is 1. The van der Waals surface area contributed by atoms with Crippen molar-refractivity contribution in [1.82, 2.24) is 0 Å². The molecule has 0 radical (unpaired) electrons. The van der Waals surface area contributed by atoms with E-state index in [0.717, 1.165) is 7.57 Å². The lowest BCUT2D eigenvalue weighted by Gasteiger charge is -2.08. The first-order valence-electron chi connectivity index (χ1n) is 5.14. The molecule has 0 spiro atoms. The minimum atomic E-state index is -0.166. The van der Waals surface area contributed by atoms with E-state index in [1.54, 1.807) is 6.07 Å². The van der Waals surface area contributed by atoms with Crippen LogP contribution in [0.2, 0.25) is 15.1 Å². The Kier molecular flexibility index (Phi) is 5.79. The van der Waals surface area contributed by atoms with Gasteiger partial charge >= 0.3 is 0 Å². The zero-order valence-corrected chi connectivity index (χ0v) is 15.8. The molecule has 2 aromatic rings. The van der Waals surface area contributed by atoms with Crippen LogP contribution in [-0.4, -0.2) is 12.4 Å². The average Bonchev–Trinajstić information content (AvgIpc) is 2.71. The molecule has 106 valence electrons. The highest BCUT2D eigenvalue weighted by Crippen LogP contribution is 2.35. The van der Waals surface area contributed by atoms with Crippen LogP contribution in [0.1, 0.15) is 10.4 Å². The van der Waals surface area contributed by atoms with E-state index in [0.29, 0.717) is 26.4 Å². The van der Waals surface area contributed by atoms with Gasteiger partial charge in [0, 0.05) is 11.6 Å². The fraction of sp³-hybridized carbons (Fsp3) is 0.0833. The van der Waals surface area contributed by atoms with Gasteiger partial charge in [0.15, 0.2) is 6.61 Å². The van der Waals surface area contributed by atoms with Gasteiger partial charge < -0.3 is 4.74 Å². The number of benzene rings is 1. The number of ketones is 1. The summed E-state index contributed by atoms with van der Waals surface area (Å²) in [5, 5.41) is 0.954. The predicted molar refractivity (Wildman–Crippen MR) is 91.0 cm³/mol. The van der Waals surface area contributed by atoms with Crippen LogP contribution < -0.4 is 4.74 Å². The Morgan fingerprint density at radius 2 is 1.75 bits per heavy atom. The lowest BCUT2D eigenvalue weighted by molar-refractivity contribution is 0.0921. The van der Waals surface area contributed by atoms with E-state index in [9.17, 15) is 4.79 Å². The molecule has 0 saturated carbocycles. The van der Waals surface area contributed by atoms with E-state index in [1.165, 1.54) is 23.5 Å². The van der Waals surface area contributed by atoms with Crippen molar-refractivity contribution in [1.29, 1.82) is 0 Å². The SMILES string of the molecule is O=C(COc1cc(Cl)c(Cl)cc1Cl)c1cc(Br)sc1Br. The Morgan fingerprint density at radius 1 is 1.10 bits per heavy atom. The summed E-state index contributed by atoms with van der Waals surface area (Å²) >= 11 is 25.7. The summed E-state index contributed by atoms with van der Waals surface area (Å²) < 4.78 is 7.01. The van der Waals surface area contributed by atoms with Crippen LogP contribution in [0.4, 0.5) is 0 Å². The smallest absolute Gasteiger partial charge is 0.202 e. The molecule has 20 heavy (non-hydrogen) atoms. The number of thiophene rings is 1. The first kappa shape index (κ1) is 16.6. The number of ether oxygens (including phenoxy) is 1. The van der Waals surface area contributed by atoms with Crippen LogP contribution >= 0.6 is 78.0 Å². The van der Waals surface area contributed by atoms with E-state index in [-0.39, 0.29) is 12.4 Å². The molecule has 2 rings (SSSR count). The Morgan fingerprint density at radius 3 is 2.35 bits per heavy atom. The Labute approximate surface area is 151 Å². The fourth-order valence-electron chi connectivity index (χ4n) is 1.37. The van der Waals surface area contributed by atoms with Gasteiger partial charge in [0.25, 0.3) is 0 Å². The zero-order valence-electron chi connectivity index (χ0n) is 9.55. The molecule has 0 amide bonds. The molecule has 0 bridgehead atoms. The van der Waals surface area contributed by atoms with Crippen molar-refractivity contribution in [2.75, 3.05) is 6.61 Å². The highest BCUT2D eigenvalue weighted by atomic mass is 79.9. The highest BCUT2D eigenvalue weighted by molar-refractivity contribution is 9.12. The summed E-state index contributed by atoms with van der Waals surface area (Å²) in [6, 6.07) is 4.69. The van der Waals surface area contributed by atoms with E-state index in [4.69, 9.17) is 39.5 Å². The minimum absolute atomic E-state index is 0.139. The van der Waals surface area contributed by atoms with Gasteiger partial charge in [-0.3, -0.25) is 4.79 Å². The van der Waals surface area contributed by atoms with E-state index >= 15 is 0 Å². The molecular formula is C12H5Br2Cl3O2S. The van der Waals surface area contributed by atoms with E-state index in [2.05, 4.69) is 31.9 Å². The number of carbonyl (C=O) groups excluding carboxylic acids is 1. The monoisotopic (exact) mass is 476 g/mol. The molecule has 1 aromatic carbocycles. The van der Waals surface area contributed by atoms with Gasteiger partial charge in [-0.05, 0) is 44.0 Å². The number of hydrogen-bond acceptors (Lipinski definition) is 3. The summed E-state index contributed by atoms with van der Waals surface area (Å²) in [6.45, 7) is -0.139. The molecule has 1 aromatic heterocycles. The molecular weight excluding hydrogens is 474 g/mol. The summed E-state index contributed by atoms with van der Waals surface area (Å²) in [5.74, 6) is 0.154. The van der Waals surface area contributed by atoms with Crippen molar-refractivity contribution in [3.8, 4) is 5.75 Å². The van der Waals surface area contributed by atoms with Gasteiger partial charge in [-0.25, -0.2) is 0 Å². The van der Waals surface area contributed by atoms with Gasteiger partial charge in [-0.2, -0.15) is 0 Å². The molecule has 0 aliphatic heterocycles. The van der Waals surface area contributed by atoms with E-state index in [1.807, 2.05) is 0 Å². The molecule has 0 aliphatic rings. The number of Topliss-reactive ketones (excluding diaryl/α,β-unsaturated/α-hetero) is 1. The van der Waals surface area contributed by atoms with Crippen molar-refractivity contribution in [3.63, 3.8) is 0 Å². The normalized spacial score (nSPS) is 10.7. The topological polar surface area (TPSA) is 26.3 Å². The summed E-state index contributed by atoms with van der Waals surface area (Å²) in [6.07, 6.45) is 0.